The highest BCUT2D eigenvalue weighted by Gasteiger charge is 2.18. The summed E-state index contributed by atoms with van der Waals surface area (Å²) in [6.07, 6.45) is 2.39. The highest BCUT2D eigenvalue weighted by Crippen LogP contribution is 2.29. The second-order valence-electron chi connectivity index (χ2n) is 4.36. The van der Waals surface area contributed by atoms with Crippen molar-refractivity contribution in [3.63, 3.8) is 0 Å². The normalized spacial score (nSPS) is 21.6. The third-order valence-electron chi connectivity index (χ3n) is 3.07. The number of hydrogen-bond acceptors (Lipinski definition) is 1. The van der Waals surface area contributed by atoms with E-state index in [2.05, 4.69) is 32.0 Å². The van der Waals surface area contributed by atoms with E-state index in [1.54, 1.807) is 0 Å². The van der Waals surface area contributed by atoms with Crippen molar-refractivity contribution in [2.75, 3.05) is 0 Å². The van der Waals surface area contributed by atoms with Gasteiger partial charge in [0, 0.05) is 12.8 Å². The van der Waals surface area contributed by atoms with Gasteiger partial charge in [-0.2, -0.15) is 0 Å². The van der Waals surface area contributed by atoms with Crippen LogP contribution in [0.3, 0.4) is 0 Å². The number of fused-ring (bicyclic) bond motifs is 1. The lowest BCUT2D eigenvalue weighted by Crippen LogP contribution is -2.00. The SMILES string of the molecule is Cc1ccc2c(c1)CC(=O)CCC2C. The monoisotopic (exact) mass is 188 g/mol. The topological polar surface area (TPSA) is 17.1 Å². The van der Waals surface area contributed by atoms with Gasteiger partial charge in [0.25, 0.3) is 0 Å². The molecule has 0 fully saturated rings. The molecule has 1 aromatic rings. The number of benzene rings is 1. The van der Waals surface area contributed by atoms with E-state index in [9.17, 15) is 4.79 Å². The quantitative estimate of drug-likeness (QED) is 0.572. The molecule has 0 spiro atoms. The van der Waals surface area contributed by atoms with Gasteiger partial charge in [-0.25, -0.2) is 0 Å². The van der Waals surface area contributed by atoms with Crippen LogP contribution in [-0.4, -0.2) is 5.78 Å². The minimum absolute atomic E-state index is 0.390. The molecule has 1 aliphatic carbocycles. The Morgan fingerprint density at radius 2 is 2.14 bits per heavy atom. The molecule has 0 bridgehead atoms. The maximum absolute atomic E-state index is 11.5. The molecule has 0 saturated heterocycles. The second kappa shape index (κ2) is 3.56. The molecule has 0 aromatic heterocycles. The number of aryl methyl sites for hydroxylation is 1. The molecule has 1 nitrogen and oxygen atoms in total. The first-order valence-corrected chi connectivity index (χ1v) is 5.28. The molecule has 1 aliphatic rings. The lowest BCUT2D eigenvalue weighted by Gasteiger charge is -2.12. The van der Waals surface area contributed by atoms with Crippen molar-refractivity contribution in [2.24, 2.45) is 0 Å². The summed E-state index contributed by atoms with van der Waals surface area (Å²) in [6.45, 7) is 4.30. The number of hydrogen-bond donors (Lipinski definition) is 0. The van der Waals surface area contributed by atoms with Crippen LogP contribution in [0.2, 0.25) is 0 Å². The first kappa shape index (κ1) is 9.45. The van der Waals surface area contributed by atoms with E-state index in [4.69, 9.17) is 0 Å². The molecule has 0 heterocycles. The Balaban J connectivity index is 2.46. The molecule has 0 saturated carbocycles. The van der Waals surface area contributed by atoms with Gasteiger partial charge in [-0.15, -0.1) is 0 Å². The van der Waals surface area contributed by atoms with Gasteiger partial charge in [0.1, 0.15) is 5.78 Å². The number of carbonyl (C=O) groups is 1. The highest BCUT2D eigenvalue weighted by molar-refractivity contribution is 5.82. The maximum Gasteiger partial charge on any atom is 0.137 e. The Morgan fingerprint density at radius 3 is 2.93 bits per heavy atom. The van der Waals surface area contributed by atoms with Gasteiger partial charge in [-0.05, 0) is 30.4 Å². The first-order valence-electron chi connectivity index (χ1n) is 5.28. The van der Waals surface area contributed by atoms with E-state index in [0.29, 0.717) is 18.1 Å². The molecule has 74 valence electrons. The van der Waals surface area contributed by atoms with Crippen molar-refractivity contribution in [3.05, 3.63) is 34.9 Å². The maximum atomic E-state index is 11.5. The van der Waals surface area contributed by atoms with Crippen molar-refractivity contribution in [1.82, 2.24) is 0 Å². The number of ketones is 1. The fourth-order valence-corrected chi connectivity index (χ4v) is 2.20. The zero-order valence-corrected chi connectivity index (χ0v) is 8.84. The Kier molecular flexibility index (Phi) is 2.40. The van der Waals surface area contributed by atoms with Crippen LogP contribution >= 0.6 is 0 Å². The summed E-state index contributed by atoms with van der Waals surface area (Å²) < 4.78 is 0. The van der Waals surface area contributed by atoms with Crippen LogP contribution in [0.1, 0.15) is 42.4 Å². The largest absolute Gasteiger partial charge is 0.299 e. The lowest BCUT2D eigenvalue weighted by atomic mass is 9.93. The molecule has 0 radical (unpaired) electrons. The molecule has 0 aliphatic heterocycles. The summed E-state index contributed by atoms with van der Waals surface area (Å²) >= 11 is 0. The van der Waals surface area contributed by atoms with Gasteiger partial charge in [-0.3, -0.25) is 4.79 Å². The Morgan fingerprint density at radius 1 is 1.36 bits per heavy atom. The molecule has 1 aromatic carbocycles. The van der Waals surface area contributed by atoms with E-state index in [0.717, 1.165) is 12.8 Å². The van der Waals surface area contributed by atoms with Gasteiger partial charge in [-0.1, -0.05) is 30.7 Å². The summed E-state index contributed by atoms with van der Waals surface area (Å²) in [5.41, 5.74) is 3.88. The molecule has 0 amide bonds. The standard InChI is InChI=1S/C13H16O/c1-9-3-6-13-10(2)4-5-12(14)8-11(13)7-9/h3,6-7,10H,4-5,8H2,1-2H3. The first-order chi connectivity index (χ1) is 6.66. The Hall–Kier alpha value is -1.11. The van der Waals surface area contributed by atoms with Crippen molar-refractivity contribution >= 4 is 5.78 Å². The molecule has 1 unspecified atom stereocenters. The predicted molar refractivity (Wildman–Crippen MR) is 57.5 cm³/mol. The Labute approximate surface area is 85.1 Å². The van der Waals surface area contributed by atoms with Crippen molar-refractivity contribution in [2.45, 2.75) is 39.0 Å². The Bertz CT molecular complexity index is 365. The van der Waals surface area contributed by atoms with Crippen molar-refractivity contribution in [1.29, 1.82) is 0 Å². The number of carbonyl (C=O) groups excluding carboxylic acids is 1. The van der Waals surface area contributed by atoms with Crippen LogP contribution in [0.4, 0.5) is 0 Å². The second-order valence-corrected chi connectivity index (χ2v) is 4.36. The molecule has 14 heavy (non-hydrogen) atoms. The minimum atomic E-state index is 0.390. The zero-order valence-electron chi connectivity index (χ0n) is 8.84. The third kappa shape index (κ3) is 1.72. The molecule has 1 atom stereocenters. The van der Waals surface area contributed by atoms with E-state index in [-0.39, 0.29) is 0 Å². The molecule has 1 heteroatoms. The van der Waals surface area contributed by atoms with Crippen LogP contribution in [0.25, 0.3) is 0 Å². The fourth-order valence-electron chi connectivity index (χ4n) is 2.20. The summed E-state index contributed by atoms with van der Waals surface area (Å²) in [5, 5.41) is 0. The lowest BCUT2D eigenvalue weighted by molar-refractivity contribution is -0.118. The smallest absolute Gasteiger partial charge is 0.137 e. The fraction of sp³-hybridized carbons (Fsp3) is 0.462. The van der Waals surface area contributed by atoms with Crippen LogP contribution in [-0.2, 0) is 11.2 Å². The molecule has 2 rings (SSSR count). The van der Waals surface area contributed by atoms with E-state index < -0.39 is 0 Å². The average Bonchev–Trinajstić information content (AvgIpc) is 2.26. The van der Waals surface area contributed by atoms with Crippen LogP contribution < -0.4 is 0 Å². The molecule has 0 N–H and O–H groups in total. The third-order valence-corrected chi connectivity index (χ3v) is 3.07. The number of Topliss-reactive ketones (excluding diaryl/α,β-unsaturated/α-hetero) is 1. The minimum Gasteiger partial charge on any atom is -0.299 e. The molecular weight excluding hydrogens is 172 g/mol. The van der Waals surface area contributed by atoms with Crippen LogP contribution in [0.5, 0.6) is 0 Å². The van der Waals surface area contributed by atoms with E-state index in [1.807, 2.05) is 0 Å². The van der Waals surface area contributed by atoms with Gasteiger partial charge < -0.3 is 0 Å². The summed E-state index contributed by atoms with van der Waals surface area (Å²) in [7, 11) is 0. The van der Waals surface area contributed by atoms with Gasteiger partial charge in [0.05, 0.1) is 0 Å². The average molecular weight is 188 g/mol. The summed E-state index contributed by atoms with van der Waals surface area (Å²) in [4.78, 5) is 11.5. The zero-order chi connectivity index (χ0) is 10.1. The predicted octanol–water partition coefficient (Wildman–Crippen LogP) is 3.00. The van der Waals surface area contributed by atoms with Crippen molar-refractivity contribution < 1.29 is 4.79 Å². The summed E-state index contributed by atoms with van der Waals surface area (Å²) in [6, 6.07) is 6.49. The van der Waals surface area contributed by atoms with E-state index >= 15 is 0 Å². The van der Waals surface area contributed by atoms with Gasteiger partial charge >= 0.3 is 0 Å². The van der Waals surface area contributed by atoms with Gasteiger partial charge in [0.2, 0.25) is 0 Å². The van der Waals surface area contributed by atoms with Crippen LogP contribution in [0.15, 0.2) is 18.2 Å². The molecular formula is C13H16O. The number of rotatable bonds is 0. The van der Waals surface area contributed by atoms with Gasteiger partial charge in [0.15, 0.2) is 0 Å². The van der Waals surface area contributed by atoms with Crippen molar-refractivity contribution in [3.8, 4) is 0 Å². The van der Waals surface area contributed by atoms with Crippen LogP contribution in [0, 0.1) is 6.92 Å². The van der Waals surface area contributed by atoms with E-state index in [1.165, 1.54) is 16.7 Å². The highest BCUT2D eigenvalue weighted by atomic mass is 16.1. The summed E-state index contributed by atoms with van der Waals surface area (Å²) in [5.74, 6) is 0.929.